The first-order chi connectivity index (χ1) is 13.4. The monoisotopic (exact) mass is 417 g/mol. The van der Waals surface area contributed by atoms with Crippen molar-refractivity contribution in [1.29, 1.82) is 0 Å². The van der Waals surface area contributed by atoms with Crippen molar-refractivity contribution in [2.24, 2.45) is 0 Å². The zero-order chi connectivity index (χ0) is 20.3. The van der Waals surface area contributed by atoms with Crippen molar-refractivity contribution in [3.05, 3.63) is 58.8 Å². The second kappa shape index (κ2) is 8.75. The molecule has 0 radical (unpaired) electrons. The molecule has 146 valence electrons. The molecule has 1 amide bonds. The molecule has 1 aliphatic rings. The highest BCUT2D eigenvalue weighted by molar-refractivity contribution is 8.27. The average molecular weight is 418 g/mol. The summed E-state index contributed by atoms with van der Waals surface area (Å²) in [7, 11) is 1.58. The van der Waals surface area contributed by atoms with Gasteiger partial charge in [-0.1, -0.05) is 43.0 Å². The number of carbonyl (C=O) groups excluding carboxylic acids is 1. The van der Waals surface area contributed by atoms with Gasteiger partial charge in [0.05, 0.1) is 23.8 Å². The molecular weight excluding hydrogens is 397 g/mol. The zero-order valence-electron chi connectivity index (χ0n) is 15.8. The summed E-state index contributed by atoms with van der Waals surface area (Å²) in [5.41, 5.74) is 1.20. The summed E-state index contributed by atoms with van der Waals surface area (Å²) in [6.45, 7) is 4.04. The van der Waals surface area contributed by atoms with Crippen LogP contribution in [0.1, 0.15) is 25.8 Å². The van der Waals surface area contributed by atoms with Crippen molar-refractivity contribution in [1.82, 2.24) is 0 Å². The number of methoxy groups -OCH3 is 1. The first-order valence-electron chi connectivity index (χ1n) is 8.81. The molecule has 0 aliphatic carbocycles. The van der Waals surface area contributed by atoms with E-state index in [0.29, 0.717) is 26.4 Å². The number of rotatable bonds is 6. The molecule has 0 unspecified atom stereocenters. The van der Waals surface area contributed by atoms with Crippen molar-refractivity contribution >= 4 is 46.0 Å². The summed E-state index contributed by atoms with van der Waals surface area (Å²) in [5, 5.41) is 0. The number of carbonyl (C=O) groups is 1. The number of hydrogen-bond acceptors (Lipinski definition) is 5. The lowest BCUT2D eigenvalue weighted by Crippen LogP contribution is -2.27. The molecule has 1 heterocycles. The smallest absolute Gasteiger partial charge is 0.270 e. The van der Waals surface area contributed by atoms with Crippen molar-refractivity contribution in [3.63, 3.8) is 0 Å². The van der Waals surface area contributed by atoms with Gasteiger partial charge in [-0.3, -0.25) is 9.69 Å². The highest BCUT2D eigenvalue weighted by Gasteiger charge is 2.33. The van der Waals surface area contributed by atoms with Gasteiger partial charge in [0.2, 0.25) is 0 Å². The third-order valence-electron chi connectivity index (χ3n) is 4.25. The molecule has 7 heteroatoms. The SMILES string of the molecule is CC[C@H](C)Oc1ccc(/C=C2/SC(=S)N(c3cccc(F)c3)C2=O)cc1OC. The Bertz CT molecular complexity index is 945. The molecular formula is C21H20FNO3S2. The lowest BCUT2D eigenvalue weighted by Gasteiger charge is -2.16. The van der Waals surface area contributed by atoms with Crippen molar-refractivity contribution in [2.45, 2.75) is 26.4 Å². The number of hydrogen-bond donors (Lipinski definition) is 0. The molecule has 3 rings (SSSR count). The number of thioether (sulfide) groups is 1. The van der Waals surface area contributed by atoms with E-state index in [9.17, 15) is 9.18 Å². The van der Waals surface area contributed by atoms with Gasteiger partial charge in [0.25, 0.3) is 5.91 Å². The maximum atomic E-state index is 13.5. The summed E-state index contributed by atoms with van der Waals surface area (Å²) in [4.78, 5) is 14.6. The molecule has 0 saturated carbocycles. The fourth-order valence-corrected chi connectivity index (χ4v) is 3.93. The van der Waals surface area contributed by atoms with Crippen molar-refractivity contribution in [3.8, 4) is 11.5 Å². The van der Waals surface area contributed by atoms with Crippen LogP contribution < -0.4 is 14.4 Å². The predicted molar refractivity (Wildman–Crippen MR) is 115 cm³/mol. The number of halogens is 1. The normalized spacial score (nSPS) is 16.6. The predicted octanol–water partition coefficient (Wildman–Crippen LogP) is 5.42. The van der Waals surface area contributed by atoms with Gasteiger partial charge >= 0.3 is 0 Å². The summed E-state index contributed by atoms with van der Waals surface area (Å²) in [6, 6.07) is 11.3. The van der Waals surface area contributed by atoms with E-state index in [0.717, 1.165) is 12.0 Å². The Morgan fingerprint density at radius 1 is 1.25 bits per heavy atom. The van der Waals surface area contributed by atoms with Crippen LogP contribution >= 0.6 is 24.0 Å². The molecule has 28 heavy (non-hydrogen) atoms. The Labute approximate surface area is 173 Å². The minimum atomic E-state index is -0.419. The minimum absolute atomic E-state index is 0.0715. The Morgan fingerprint density at radius 3 is 2.71 bits per heavy atom. The molecule has 4 nitrogen and oxygen atoms in total. The molecule has 0 N–H and O–H groups in total. The Balaban J connectivity index is 1.87. The maximum Gasteiger partial charge on any atom is 0.270 e. The molecule has 0 bridgehead atoms. The average Bonchev–Trinajstić information content (AvgIpc) is 2.95. The van der Waals surface area contributed by atoms with Crippen molar-refractivity contribution < 1.29 is 18.7 Å². The number of amides is 1. The molecule has 2 aromatic rings. The van der Waals surface area contributed by atoms with Crippen molar-refractivity contribution in [2.75, 3.05) is 12.0 Å². The van der Waals surface area contributed by atoms with Crippen LogP contribution in [0.2, 0.25) is 0 Å². The molecule has 1 atom stereocenters. The number of ether oxygens (including phenoxy) is 2. The first-order valence-corrected chi connectivity index (χ1v) is 10.0. The lowest BCUT2D eigenvalue weighted by molar-refractivity contribution is -0.113. The van der Waals surface area contributed by atoms with E-state index >= 15 is 0 Å². The largest absolute Gasteiger partial charge is 0.493 e. The number of thiocarbonyl (C=S) groups is 1. The van der Waals surface area contributed by atoms with Gasteiger partial charge in [-0.15, -0.1) is 0 Å². The molecule has 1 aliphatic heterocycles. The summed E-state index contributed by atoms with van der Waals surface area (Å²) in [5.74, 6) is 0.549. The Kier molecular flexibility index (Phi) is 6.36. The highest BCUT2D eigenvalue weighted by atomic mass is 32.2. The summed E-state index contributed by atoms with van der Waals surface area (Å²) in [6.07, 6.45) is 2.70. The highest BCUT2D eigenvalue weighted by Crippen LogP contribution is 2.37. The van der Waals surface area contributed by atoms with Crippen LogP contribution in [0, 0.1) is 5.82 Å². The molecule has 1 saturated heterocycles. The third kappa shape index (κ3) is 4.36. The summed E-state index contributed by atoms with van der Waals surface area (Å²) < 4.78 is 25.2. The molecule has 2 aromatic carbocycles. The Hall–Kier alpha value is -2.38. The number of benzene rings is 2. The topological polar surface area (TPSA) is 38.8 Å². The van der Waals surface area contributed by atoms with Crippen LogP contribution in [0.4, 0.5) is 10.1 Å². The van der Waals surface area contributed by atoms with Crippen LogP contribution in [0.25, 0.3) is 6.08 Å². The molecule has 0 aromatic heterocycles. The number of nitrogens with zero attached hydrogens (tertiary/aromatic N) is 1. The zero-order valence-corrected chi connectivity index (χ0v) is 17.4. The van der Waals surface area contributed by atoms with E-state index in [1.807, 2.05) is 32.0 Å². The van der Waals surface area contributed by atoms with Gasteiger partial charge in [0, 0.05) is 0 Å². The van der Waals surface area contributed by atoms with E-state index in [2.05, 4.69) is 0 Å². The summed E-state index contributed by atoms with van der Waals surface area (Å²) >= 11 is 6.51. The van der Waals surface area contributed by atoms with E-state index in [4.69, 9.17) is 21.7 Å². The van der Waals surface area contributed by atoms with Crippen LogP contribution in [-0.2, 0) is 4.79 Å². The fraction of sp³-hybridized carbons (Fsp3) is 0.238. The minimum Gasteiger partial charge on any atom is -0.493 e. The van der Waals surface area contributed by atoms with Gasteiger partial charge in [-0.2, -0.15) is 0 Å². The standard InChI is InChI=1S/C21H20FNO3S2/c1-4-13(2)26-17-9-8-14(10-18(17)25-3)11-19-20(24)23(21(27)28-19)16-7-5-6-15(22)12-16/h5-13H,4H2,1-3H3/b19-11+/t13-/m0/s1. The van der Waals surface area contributed by atoms with E-state index in [1.165, 1.54) is 28.8 Å². The molecule has 1 fully saturated rings. The van der Waals surface area contributed by atoms with Gasteiger partial charge in [-0.05, 0) is 55.3 Å². The quantitative estimate of drug-likeness (QED) is 0.464. The lowest BCUT2D eigenvalue weighted by atomic mass is 10.1. The Morgan fingerprint density at radius 2 is 2.04 bits per heavy atom. The number of anilines is 1. The maximum absolute atomic E-state index is 13.5. The van der Waals surface area contributed by atoms with Gasteiger partial charge in [0.1, 0.15) is 5.82 Å². The van der Waals surface area contributed by atoms with E-state index in [1.54, 1.807) is 25.3 Å². The first kappa shape index (κ1) is 20.4. The van der Waals surface area contributed by atoms with Crippen LogP contribution in [-0.4, -0.2) is 23.4 Å². The van der Waals surface area contributed by atoms with E-state index in [-0.39, 0.29) is 12.0 Å². The third-order valence-corrected chi connectivity index (χ3v) is 5.55. The van der Waals surface area contributed by atoms with Gasteiger partial charge < -0.3 is 9.47 Å². The second-order valence-corrected chi connectivity index (χ2v) is 7.92. The van der Waals surface area contributed by atoms with Crippen LogP contribution in [0.3, 0.4) is 0 Å². The fourth-order valence-electron chi connectivity index (χ4n) is 2.63. The molecule has 0 spiro atoms. The van der Waals surface area contributed by atoms with Crippen LogP contribution in [0.5, 0.6) is 11.5 Å². The van der Waals surface area contributed by atoms with Gasteiger partial charge in [0.15, 0.2) is 15.8 Å². The van der Waals surface area contributed by atoms with E-state index < -0.39 is 5.82 Å². The second-order valence-electron chi connectivity index (χ2n) is 6.24. The van der Waals surface area contributed by atoms with Gasteiger partial charge in [-0.25, -0.2) is 4.39 Å². The van der Waals surface area contributed by atoms with Crippen LogP contribution in [0.15, 0.2) is 47.4 Å².